The lowest BCUT2D eigenvalue weighted by Crippen LogP contribution is -2.32. The number of ether oxygens (including phenoxy) is 6. The van der Waals surface area contributed by atoms with E-state index < -0.39 is 0 Å². The fourth-order valence-corrected chi connectivity index (χ4v) is 21.7. The van der Waals surface area contributed by atoms with Crippen LogP contribution in [-0.2, 0) is 125 Å². The number of nitrogens with one attached hydrogen (secondary N) is 7. The lowest BCUT2D eigenvalue weighted by molar-refractivity contribution is -0.124. The van der Waals surface area contributed by atoms with E-state index in [-0.39, 0.29) is 97.1 Å². The Morgan fingerprint density at radius 3 is 0.980 bits per heavy atom. The molecule has 788 valence electrons. The van der Waals surface area contributed by atoms with E-state index in [0.29, 0.717) is 127 Å². The molecule has 0 saturated heterocycles. The van der Waals surface area contributed by atoms with Crippen LogP contribution in [0.1, 0.15) is 220 Å². The van der Waals surface area contributed by atoms with Gasteiger partial charge in [-0.3, -0.25) is 53.3 Å². The van der Waals surface area contributed by atoms with Crippen LogP contribution in [0.4, 0.5) is 15.4 Å². The van der Waals surface area contributed by atoms with Crippen molar-refractivity contribution in [3.8, 4) is 34.5 Å². The average Bonchev–Trinajstić information content (AvgIpc) is 1.16. The molecule has 150 heavy (non-hydrogen) atoms. The quantitative estimate of drug-likeness (QED) is 0.0174. The molecule has 2 aliphatic carbocycles. The van der Waals surface area contributed by atoms with Gasteiger partial charge >= 0.3 is 0 Å². The Hall–Kier alpha value is -14.1. The SMILES string of the molecule is COc1cc(CCC(=O)Cc2nnc(CCCCc3nnc(NC(=O)CCc4cc(OC)c(OC)c(OC)c4)s3)s2)cc(OC)c1OC.O=C(CNC(=O)c1ccccc1)Cc1nnc(CCCCc2nnc(NC(=O)CNC(=O)c3ccccc3)s2)s1.O=C(Cc1nnc(CCCCc2nnc(NC(=O)C3CCC3)s2)s1)C1CCC1.O=C(NCc1ccccc1)c1nnc(CCCCc2nnc(C(=O)NCc3ccccc3)s2)s1. The molecule has 0 atom stereocenters. The molecule has 39 nitrogen and oxygen atoms in total. The predicted molar refractivity (Wildman–Crippen MR) is 574 cm³/mol. The maximum atomic E-state index is 12.7. The van der Waals surface area contributed by atoms with Gasteiger partial charge in [-0.2, -0.15) is 0 Å². The van der Waals surface area contributed by atoms with E-state index in [0.717, 1.165) is 201 Å². The van der Waals surface area contributed by atoms with Gasteiger partial charge in [0, 0.05) is 100 Å². The van der Waals surface area contributed by atoms with Gasteiger partial charge in [0.2, 0.25) is 54.6 Å². The molecule has 8 aromatic heterocycles. The van der Waals surface area contributed by atoms with Crippen molar-refractivity contribution in [1.82, 2.24) is 103 Å². The fraction of sp³-hybridized carbons (Fsp3) is 0.398. The summed E-state index contributed by atoms with van der Waals surface area (Å²) in [6, 6.07) is 44.3. The molecule has 0 bridgehead atoms. The van der Waals surface area contributed by atoms with Crippen molar-refractivity contribution in [3.05, 3.63) is 244 Å². The fourth-order valence-electron chi connectivity index (χ4n) is 15.0. The minimum absolute atomic E-state index is 0.0603. The van der Waals surface area contributed by atoms with Gasteiger partial charge in [-0.15, -0.1) is 116 Å². The summed E-state index contributed by atoms with van der Waals surface area (Å²) in [5.74, 6) is 2.47. The number of hydrogen-bond acceptors (Lipinski definition) is 40. The van der Waals surface area contributed by atoms with Crippen molar-refractivity contribution in [3.63, 3.8) is 0 Å². The molecule has 47 heteroatoms. The van der Waals surface area contributed by atoms with Gasteiger partial charge in [0.25, 0.3) is 23.6 Å². The normalized spacial score (nSPS) is 11.9. The van der Waals surface area contributed by atoms with Gasteiger partial charge in [0.1, 0.15) is 66.7 Å². The second kappa shape index (κ2) is 60.5. The zero-order chi connectivity index (χ0) is 106. The number of aryl methyl sites for hydroxylation is 10. The maximum Gasteiger partial charge on any atom is 0.282 e. The number of methoxy groups -OCH3 is 6. The third-order valence-electron chi connectivity index (χ3n) is 23.5. The van der Waals surface area contributed by atoms with Crippen molar-refractivity contribution in [2.24, 2.45) is 11.8 Å². The van der Waals surface area contributed by atoms with Gasteiger partial charge in [0.15, 0.2) is 28.8 Å². The van der Waals surface area contributed by atoms with Crippen LogP contribution in [0.2, 0.25) is 0 Å². The first-order valence-electron chi connectivity index (χ1n) is 49.0. The van der Waals surface area contributed by atoms with Gasteiger partial charge in [-0.25, -0.2) is 0 Å². The molecular formula is C103H117N23O16S8. The summed E-state index contributed by atoms with van der Waals surface area (Å²) in [7, 11) is 9.35. The zero-order valence-corrected chi connectivity index (χ0v) is 90.3. The number of nitrogens with zero attached hydrogens (tertiary/aromatic N) is 16. The second-order valence-corrected chi connectivity index (χ2v) is 43.3. The Labute approximate surface area is 898 Å². The molecule has 16 rings (SSSR count). The van der Waals surface area contributed by atoms with Crippen molar-refractivity contribution in [2.45, 2.75) is 199 Å². The monoisotopic (exact) mass is 2190 g/mol. The minimum atomic E-state index is -0.379. The number of carbonyl (C=O) groups is 10. The molecule has 2 aliphatic rings. The summed E-state index contributed by atoms with van der Waals surface area (Å²) in [5, 5.41) is 96.9. The summed E-state index contributed by atoms with van der Waals surface area (Å²) >= 11 is 11.2. The van der Waals surface area contributed by atoms with E-state index in [2.05, 4.69) is 119 Å². The Bertz CT molecular complexity index is 6270. The summed E-state index contributed by atoms with van der Waals surface area (Å²) in [4.78, 5) is 122. The van der Waals surface area contributed by atoms with Gasteiger partial charge in [0.05, 0.1) is 75.0 Å². The Morgan fingerprint density at radius 1 is 0.287 bits per heavy atom. The van der Waals surface area contributed by atoms with E-state index in [1.54, 1.807) is 103 Å². The molecule has 0 unspecified atom stereocenters. The van der Waals surface area contributed by atoms with Crippen LogP contribution in [0, 0.1) is 11.8 Å². The maximum absolute atomic E-state index is 12.7. The molecule has 14 aromatic rings. The third-order valence-corrected chi connectivity index (χ3v) is 31.1. The van der Waals surface area contributed by atoms with Crippen LogP contribution in [0.3, 0.4) is 0 Å². The smallest absolute Gasteiger partial charge is 0.282 e. The number of benzene rings is 6. The Balaban J connectivity index is 0.000000169. The van der Waals surface area contributed by atoms with Gasteiger partial charge < -0.3 is 60.3 Å². The number of amides is 7. The number of carbonyl (C=O) groups excluding carboxylic acids is 10. The Morgan fingerprint density at radius 2 is 0.607 bits per heavy atom. The molecule has 0 aliphatic heterocycles. The Kier molecular flexibility index (Phi) is 45.6. The standard InChI is InChI=1S/C33H41N5O8S2.C27H27N7O4S2.C24H24N6O2S2.C19H25N5O2S2/c1-41-23-15-20(16-24(42-2)31(23)45-5)11-13-22(39)19-30-37-35-28(47-30)9-7-8-10-29-36-38-33(48-29)34-27(40)14-12-21-17-25(43-3)32(46-6)26(18-21)44-4;35-20(16-28-25(37)18-9-3-1-4-10-18)15-24-33-31-22(39-24)13-7-8-14-23-32-34-27(40-23)30-21(36)17-29-26(38)19-11-5-2-6-12-19;31-21(25-15-17-9-3-1-4-10-17)23-29-27-19(33-23)13-7-8-14-20-28-30-24(34-20)22(32)26-16-18-11-5-2-6-12-18;25-14(12-5-3-6-12)11-17-23-21-15(27-17)9-1-2-10-16-22-24-19(28-16)20-18(26)13-7-4-8-13/h15-18H,7-14,19H2,1-6H3,(H,34,38,40);1-6,9-12H,7-8,13-17H2,(H,28,37)(H,29,38)(H,30,34,36);1-6,9-12H,7-8,13-16H2,(H,25,31)(H,26,32);12-13H,1-11H2,(H,20,24,26). The van der Waals surface area contributed by atoms with E-state index in [1.807, 2.05) is 97.1 Å². The van der Waals surface area contributed by atoms with Gasteiger partial charge in [-0.05, 0) is 161 Å². The van der Waals surface area contributed by atoms with E-state index in [1.165, 1.54) is 85.8 Å². The first-order valence-corrected chi connectivity index (χ1v) is 55.5. The zero-order valence-electron chi connectivity index (χ0n) is 83.8. The molecule has 7 amide bonds. The topological polar surface area (TPSA) is 517 Å². The minimum Gasteiger partial charge on any atom is -0.493 e. The number of Topliss-reactive ketones (excluding diaryl/α,β-unsaturated/α-hetero) is 3. The van der Waals surface area contributed by atoms with E-state index in [4.69, 9.17) is 28.4 Å². The average molecular weight is 2190 g/mol. The molecule has 2 saturated carbocycles. The number of rotatable bonds is 55. The molecule has 8 heterocycles. The number of unbranched alkanes of at least 4 members (excludes halogenated alkanes) is 4. The van der Waals surface area contributed by atoms with Crippen LogP contribution in [-0.4, -0.2) is 196 Å². The summed E-state index contributed by atoms with van der Waals surface area (Å²) in [6.07, 6.45) is 22.2. The summed E-state index contributed by atoms with van der Waals surface area (Å²) in [6.45, 7) is 0.695. The highest BCUT2D eigenvalue weighted by atomic mass is 32.1. The number of ketones is 3. The van der Waals surface area contributed by atoms with Crippen molar-refractivity contribution < 1.29 is 76.4 Å². The lowest BCUT2D eigenvalue weighted by Gasteiger charge is -2.23. The van der Waals surface area contributed by atoms with Crippen LogP contribution in [0.5, 0.6) is 34.5 Å². The summed E-state index contributed by atoms with van der Waals surface area (Å²) in [5.41, 5.74) is 4.87. The number of aromatic nitrogens is 16. The highest BCUT2D eigenvalue weighted by molar-refractivity contribution is 7.16. The molecule has 0 spiro atoms. The molecule has 2 fully saturated rings. The van der Waals surface area contributed by atoms with Crippen LogP contribution in [0.15, 0.2) is 146 Å². The molecule has 0 radical (unpaired) electrons. The first kappa shape index (κ1) is 113. The van der Waals surface area contributed by atoms with Crippen molar-refractivity contribution in [2.75, 3.05) is 71.7 Å². The first-order chi connectivity index (χ1) is 73.1. The van der Waals surface area contributed by atoms with E-state index in [9.17, 15) is 47.9 Å². The largest absolute Gasteiger partial charge is 0.493 e. The number of hydrogen-bond donors (Lipinski definition) is 7. The van der Waals surface area contributed by atoms with Crippen molar-refractivity contribution in [1.29, 1.82) is 0 Å². The number of anilines is 3. The lowest BCUT2D eigenvalue weighted by atomic mass is 9.81. The van der Waals surface area contributed by atoms with Crippen LogP contribution < -0.4 is 65.6 Å². The second-order valence-electron chi connectivity index (χ2n) is 34.5. The van der Waals surface area contributed by atoms with Crippen molar-refractivity contribution >= 4 is 165 Å². The van der Waals surface area contributed by atoms with E-state index >= 15 is 0 Å². The van der Waals surface area contributed by atoms with Crippen LogP contribution in [0.25, 0.3) is 0 Å². The summed E-state index contributed by atoms with van der Waals surface area (Å²) < 4.78 is 32.3. The molecule has 7 N–H and O–H groups in total. The highest BCUT2D eigenvalue weighted by Gasteiger charge is 2.29. The third kappa shape index (κ3) is 37.3. The molecular weight excluding hydrogens is 2070 g/mol. The molecule has 6 aromatic carbocycles. The van der Waals surface area contributed by atoms with Gasteiger partial charge in [-0.1, -0.05) is 167 Å². The predicted octanol–water partition coefficient (Wildman–Crippen LogP) is 15.6. The highest BCUT2D eigenvalue weighted by Crippen LogP contribution is 2.41. The van der Waals surface area contributed by atoms with Crippen LogP contribution >= 0.6 is 90.7 Å².